The van der Waals surface area contributed by atoms with Crippen LogP contribution in [0.4, 0.5) is 5.69 Å². The van der Waals surface area contributed by atoms with Gasteiger partial charge in [0, 0.05) is 21.7 Å². The summed E-state index contributed by atoms with van der Waals surface area (Å²) < 4.78 is 1.12. The van der Waals surface area contributed by atoms with Crippen LogP contribution in [0.3, 0.4) is 0 Å². The Morgan fingerprint density at radius 1 is 1.11 bits per heavy atom. The molecule has 0 saturated heterocycles. The SMILES string of the molecule is Cc1cc(Cl)ccc1CNc1cccc(C)c1Br. The van der Waals surface area contributed by atoms with E-state index in [9.17, 15) is 0 Å². The Morgan fingerprint density at radius 3 is 2.61 bits per heavy atom. The second kappa shape index (κ2) is 5.77. The Hall–Kier alpha value is -0.990. The van der Waals surface area contributed by atoms with Crippen molar-refractivity contribution in [3.63, 3.8) is 0 Å². The van der Waals surface area contributed by atoms with E-state index in [2.05, 4.69) is 59.4 Å². The van der Waals surface area contributed by atoms with Gasteiger partial charge in [-0.1, -0.05) is 29.8 Å². The van der Waals surface area contributed by atoms with Crippen molar-refractivity contribution in [3.8, 4) is 0 Å². The van der Waals surface area contributed by atoms with Crippen LogP contribution >= 0.6 is 27.5 Å². The van der Waals surface area contributed by atoms with Crippen LogP contribution in [0.1, 0.15) is 16.7 Å². The van der Waals surface area contributed by atoms with Gasteiger partial charge in [-0.2, -0.15) is 0 Å². The molecule has 0 aliphatic rings. The topological polar surface area (TPSA) is 12.0 Å². The third-order valence-electron chi connectivity index (χ3n) is 2.97. The molecule has 2 aromatic carbocycles. The van der Waals surface area contributed by atoms with Gasteiger partial charge in [-0.25, -0.2) is 0 Å². The third kappa shape index (κ3) is 3.06. The molecule has 0 amide bonds. The first-order valence-corrected chi connectivity index (χ1v) is 6.99. The molecule has 0 heterocycles. The molecule has 1 nitrogen and oxygen atoms in total. The minimum absolute atomic E-state index is 0.785. The first-order chi connectivity index (χ1) is 8.58. The standard InChI is InChI=1S/C15H15BrClN/c1-10-4-3-5-14(15(10)16)18-9-12-6-7-13(17)8-11(12)2/h3-8,18H,9H2,1-2H3. The van der Waals surface area contributed by atoms with Gasteiger partial charge in [0.15, 0.2) is 0 Å². The highest BCUT2D eigenvalue weighted by Crippen LogP contribution is 2.26. The molecule has 0 aliphatic carbocycles. The summed E-state index contributed by atoms with van der Waals surface area (Å²) in [6.45, 7) is 4.96. The van der Waals surface area contributed by atoms with Crippen LogP contribution in [0.5, 0.6) is 0 Å². The van der Waals surface area contributed by atoms with Gasteiger partial charge in [0.05, 0.1) is 0 Å². The molecule has 0 fully saturated rings. The molecular formula is C15H15BrClN. The molecule has 0 aromatic heterocycles. The summed E-state index contributed by atoms with van der Waals surface area (Å²) in [5, 5.41) is 4.23. The Kier molecular flexibility index (Phi) is 4.31. The lowest BCUT2D eigenvalue weighted by atomic mass is 10.1. The smallest absolute Gasteiger partial charge is 0.0490 e. The zero-order chi connectivity index (χ0) is 13.1. The number of hydrogen-bond acceptors (Lipinski definition) is 1. The van der Waals surface area contributed by atoms with Crippen LogP contribution in [0.15, 0.2) is 40.9 Å². The maximum Gasteiger partial charge on any atom is 0.0490 e. The van der Waals surface area contributed by atoms with E-state index in [-0.39, 0.29) is 0 Å². The van der Waals surface area contributed by atoms with E-state index in [1.807, 2.05) is 12.1 Å². The summed E-state index contributed by atoms with van der Waals surface area (Å²) in [5.41, 5.74) is 4.81. The normalized spacial score (nSPS) is 10.4. The van der Waals surface area contributed by atoms with E-state index in [1.54, 1.807) is 0 Å². The van der Waals surface area contributed by atoms with E-state index in [0.717, 1.165) is 21.7 Å². The Balaban J connectivity index is 2.14. The molecule has 0 spiro atoms. The van der Waals surface area contributed by atoms with E-state index >= 15 is 0 Å². The largest absolute Gasteiger partial charge is 0.380 e. The number of anilines is 1. The molecule has 18 heavy (non-hydrogen) atoms. The fourth-order valence-electron chi connectivity index (χ4n) is 1.83. The quantitative estimate of drug-likeness (QED) is 0.804. The van der Waals surface area contributed by atoms with Crippen molar-refractivity contribution in [2.45, 2.75) is 20.4 Å². The molecule has 1 N–H and O–H groups in total. The van der Waals surface area contributed by atoms with Crippen LogP contribution in [0, 0.1) is 13.8 Å². The number of rotatable bonds is 3. The first-order valence-electron chi connectivity index (χ1n) is 5.82. The van der Waals surface area contributed by atoms with Gasteiger partial charge in [-0.3, -0.25) is 0 Å². The first kappa shape index (κ1) is 13.4. The van der Waals surface area contributed by atoms with Crippen LogP contribution in [-0.2, 0) is 6.54 Å². The lowest BCUT2D eigenvalue weighted by Gasteiger charge is -2.12. The average molecular weight is 325 g/mol. The predicted octanol–water partition coefficient (Wildman–Crippen LogP) is 5.33. The fraction of sp³-hybridized carbons (Fsp3) is 0.200. The molecule has 2 aromatic rings. The summed E-state index contributed by atoms with van der Waals surface area (Å²) >= 11 is 9.55. The molecule has 0 bridgehead atoms. The van der Waals surface area contributed by atoms with Gasteiger partial charge in [0.25, 0.3) is 0 Å². The van der Waals surface area contributed by atoms with Crippen molar-refractivity contribution in [3.05, 3.63) is 62.6 Å². The van der Waals surface area contributed by atoms with Crippen LogP contribution in [-0.4, -0.2) is 0 Å². The lowest BCUT2D eigenvalue weighted by Crippen LogP contribution is -2.02. The van der Waals surface area contributed by atoms with Gasteiger partial charge >= 0.3 is 0 Å². The number of benzene rings is 2. The van der Waals surface area contributed by atoms with Crippen LogP contribution in [0.2, 0.25) is 5.02 Å². The lowest BCUT2D eigenvalue weighted by molar-refractivity contribution is 1.11. The Morgan fingerprint density at radius 2 is 1.89 bits per heavy atom. The highest BCUT2D eigenvalue weighted by molar-refractivity contribution is 9.10. The van der Waals surface area contributed by atoms with Crippen molar-refractivity contribution >= 4 is 33.2 Å². The Labute approximate surface area is 121 Å². The molecule has 0 aliphatic heterocycles. The van der Waals surface area contributed by atoms with Crippen LogP contribution in [0.25, 0.3) is 0 Å². The summed E-state index contributed by atoms with van der Waals surface area (Å²) in [4.78, 5) is 0. The second-order valence-electron chi connectivity index (χ2n) is 4.36. The third-order valence-corrected chi connectivity index (χ3v) is 4.25. The molecular weight excluding hydrogens is 310 g/mol. The maximum absolute atomic E-state index is 5.95. The van der Waals surface area contributed by atoms with Crippen molar-refractivity contribution in [2.75, 3.05) is 5.32 Å². The van der Waals surface area contributed by atoms with Gasteiger partial charge in [-0.15, -0.1) is 0 Å². The number of halogens is 2. The molecule has 0 unspecified atom stereocenters. The van der Waals surface area contributed by atoms with Crippen molar-refractivity contribution in [1.82, 2.24) is 0 Å². The summed E-state index contributed by atoms with van der Waals surface area (Å²) in [5.74, 6) is 0. The highest BCUT2D eigenvalue weighted by atomic mass is 79.9. The molecule has 2 rings (SSSR count). The van der Waals surface area contributed by atoms with Gasteiger partial charge in [-0.05, 0) is 64.7 Å². The minimum atomic E-state index is 0.785. The number of nitrogens with one attached hydrogen (secondary N) is 1. The van der Waals surface area contributed by atoms with E-state index in [4.69, 9.17) is 11.6 Å². The summed E-state index contributed by atoms with van der Waals surface area (Å²) in [7, 11) is 0. The number of hydrogen-bond donors (Lipinski definition) is 1. The van der Waals surface area contributed by atoms with Gasteiger partial charge in [0.2, 0.25) is 0 Å². The van der Waals surface area contributed by atoms with Crippen molar-refractivity contribution in [2.24, 2.45) is 0 Å². The monoisotopic (exact) mass is 323 g/mol. The average Bonchev–Trinajstić information content (AvgIpc) is 2.33. The minimum Gasteiger partial charge on any atom is -0.380 e. The molecule has 0 atom stereocenters. The zero-order valence-corrected chi connectivity index (χ0v) is 12.8. The van der Waals surface area contributed by atoms with Crippen LogP contribution < -0.4 is 5.32 Å². The van der Waals surface area contributed by atoms with E-state index < -0.39 is 0 Å². The molecule has 3 heteroatoms. The molecule has 94 valence electrons. The van der Waals surface area contributed by atoms with Gasteiger partial charge < -0.3 is 5.32 Å². The van der Waals surface area contributed by atoms with Crippen molar-refractivity contribution in [1.29, 1.82) is 0 Å². The number of aryl methyl sites for hydroxylation is 2. The Bertz CT molecular complexity index is 566. The fourth-order valence-corrected chi connectivity index (χ4v) is 2.46. The molecule has 0 saturated carbocycles. The predicted molar refractivity (Wildman–Crippen MR) is 82.4 cm³/mol. The maximum atomic E-state index is 5.95. The van der Waals surface area contributed by atoms with Crippen molar-refractivity contribution < 1.29 is 0 Å². The second-order valence-corrected chi connectivity index (χ2v) is 5.59. The summed E-state index contributed by atoms with van der Waals surface area (Å²) in [6.07, 6.45) is 0. The van der Waals surface area contributed by atoms with Gasteiger partial charge in [0.1, 0.15) is 0 Å². The van der Waals surface area contributed by atoms with E-state index in [1.165, 1.54) is 16.7 Å². The summed E-state index contributed by atoms with van der Waals surface area (Å²) in [6, 6.07) is 12.2. The zero-order valence-electron chi connectivity index (χ0n) is 10.4. The molecule has 0 radical (unpaired) electrons. The van der Waals surface area contributed by atoms with E-state index in [0.29, 0.717) is 0 Å². The highest BCUT2D eigenvalue weighted by Gasteiger charge is 2.03.